The summed E-state index contributed by atoms with van der Waals surface area (Å²) < 4.78 is 1.44. The highest BCUT2D eigenvalue weighted by molar-refractivity contribution is 5.93. The molecule has 0 aliphatic heterocycles. The van der Waals surface area contributed by atoms with Crippen molar-refractivity contribution in [2.45, 2.75) is 19.3 Å². The zero-order valence-corrected chi connectivity index (χ0v) is 10.8. The van der Waals surface area contributed by atoms with Gasteiger partial charge in [-0.15, -0.1) is 0 Å². The molecule has 0 aromatic carbocycles. The Balaban J connectivity index is 1.98. The van der Waals surface area contributed by atoms with Crippen molar-refractivity contribution in [3.63, 3.8) is 0 Å². The lowest BCUT2D eigenvalue weighted by atomic mass is 10.0. The number of hydrogen-bond donors (Lipinski definition) is 2. The molecule has 0 spiro atoms. The number of carbonyl (C=O) groups is 1. The summed E-state index contributed by atoms with van der Waals surface area (Å²) in [5.74, 6) is -0.320. The van der Waals surface area contributed by atoms with Crippen LogP contribution in [0.3, 0.4) is 0 Å². The Labute approximate surface area is 110 Å². The van der Waals surface area contributed by atoms with Crippen LogP contribution in [0.25, 0.3) is 0 Å². The summed E-state index contributed by atoms with van der Waals surface area (Å²) >= 11 is 0. The van der Waals surface area contributed by atoms with Crippen LogP contribution in [0.5, 0.6) is 0 Å². The van der Waals surface area contributed by atoms with Crippen molar-refractivity contribution in [1.82, 2.24) is 9.88 Å². The van der Waals surface area contributed by atoms with E-state index in [2.05, 4.69) is 5.32 Å². The van der Waals surface area contributed by atoms with Gasteiger partial charge >= 0.3 is 0 Å². The van der Waals surface area contributed by atoms with E-state index in [1.807, 2.05) is 0 Å². The van der Waals surface area contributed by atoms with Gasteiger partial charge in [0.25, 0.3) is 11.6 Å². The van der Waals surface area contributed by atoms with Crippen LogP contribution in [0.1, 0.15) is 29.8 Å². The van der Waals surface area contributed by atoms with Crippen molar-refractivity contribution in [1.29, 1.82) is 0 Å². The molecule has 7 nitrogen and oxygen atoms in total. The number of nitrogens with zero attached hydrogens (tertiary/aromatic N) is 2. The van der Waals surface area contributed by atoms with Crippen LogP contribution >= 0.6 is 0 Å². The molecule has 0 unspecified atom stereocenters. The highest BCUT2D eigenvalue weighted by atomic mass is 16.6. The molecule has 1 aliphatic rings. The minimum absolute atomic E-state index is 0.0293. The molecule has 104 valence electrons. The first-order valence-corrected chi connectivity index (χ1v) is 6.17. The molecule has 1 aromatic rings. The molecule has 2 rings (SSSR count). The van der Waals surface area contributed by atoms with Crippen molar-refractivity contribution in [3.05, 3.63) is 28.1 Å². The van der Waals surface area contributed by atoms with Crippen molar-refractivity contribution in [3.8, 4) is 0 Å². The number of rotatable bonds is 6. The van der Waals surface area contributed by atoms with Gasteiger partial charge in [-0.1, -0.05) is 0 Å². The van der Waals surface area contributed by atoms with E-state index < -0.39 is 4.92 Å². The smallest absolute Gasteiger partial charge is 0.287 e. The molecule has 2 N–H and O–H groups in total. The molecule has 1 heterocycles. The number of aryl methyl sites for hydroxylation is 1. The van der Waals surface area contributed by atoms with Gasteiger partial charge in [-0.3, -0.25) is 14.9 Å². The summed E-state index contributed by atoms with van der Waals surface area (Å²) in [6.07, 6.45) is 4.00. The molecular formula is C12H17N3O4. The molecule has 19 heavy (non-hydrogen) atoms. The lowest BCUT2D eigenvalue weighted by Crippen LogP contribution is -2.31. The Morgan fingerprint density at radius 3 is 2.79 bits per heavy atom. The predicted octanol–water partition coefficient (Wildman–Crippen LogP) is 0.826. The minimum atomic E-state index is -0.523. The number of carbonyl (C=O) groups excluding carboxylic acids is 1. The quantitative estimate of drug-likeness (QED) is 0.589. The number of aromatic nitrogens is 1. The summed E-state index contributed by atoms with van der Waals surface area (Å²) in [6.45, 7) is 0.622. The van der Waals surface area contributed by atoms with Gasteiger partial charge in [-0.25, -0.2) is 0 Å². The lowest BCUT2D eigenvalue weighted by molar-refractivity contribution is -0.384. The fraction of sp³-hybridized carbons (Fsp3) is 0.583. The average Bonchev–Trinajstić information content (AvgIpc) is 3.00. The first-order chi connectivity index (χ1) is 8.97. The van der Waals surface area contributed by atoms with E-state index in [1.165, 1.54) is 16.8 Å². The van der Waals surface area contributed by atoms with Gasteiger partial charge < -0.3 is 15.0 Å². The summed E-state index contributed by atoms with van der Waals surface area (Å²) in [5.41, 5.74) is 0.206. The SMILES string of the molecule is Cn1cc([N+](=O)[O-])cc1C(=O)NCC1(CCO)CC1. The normalized spacial score (nSPS) is 16.1. The molecule has 1 aliphatic carbocycles. The van der Waals surface area contributed by atoms with Crippen molar-refractivity contribution in [2.24, 2.45) is 12.5 Å². The third kappa shape index (κ3) is 2.93. The number of amides is 1. The van der Waals surface area contributed by atoms with E-state index in [1.54, 1.807) is 7.05 Å². The van der Waals surface area contributed by atoms with Gasteiger partial charge in [0, 0.05) is 26.3 Å². The highest BCUT2D eigenvalue weighted by Crippen LogP contribution is 2.47. The molecule has 0 radical (unpaired) electrons. The van der Waals surface area contributed by atoms with Gasteiger partial charge in [-0.2, -0.15) is 0 Å². The maximum atomic E-state index is 12.0. The van der Waals surface area contributed by atoms with Crippen LogP contribution in [0, 0.1) is 15.5 Å². The molecule has 1 amide bonds. The van der Waals surface area contributed by atoms with E-state index in [-0.39, 0.29) is 29.3 Å². The highest BCUT2D eigenvalue weighted by Gasteiger charge is 2.42. The fourth-order valence-electron chi connectivity index (χ4n) is 2.16. The molecule has 7 heteroatoms. The zero-order chi connectivity index (χ0) is 14.0. The number of aliphatic hydroxyl groups is 1. The Kier molecular flexibility index (Phi) is 3.57. The van der Waals surface area contributed by atoms with Crippen molar-refractivity contribution < 1.29 is 14.8 Å². The predicted molar refractivity (Wildman–Crippen MR) is 67.8 cm³/mol. The Morgan fingerprint density at radius 1 is 1.63 bits per heavy atom. The minimum Gasteiger partial charge on any atom is -0.396 e. The van der Waals surface area contributed by atoms with Crippen LogP contribution in [-0.4, -0.2) is 33.7 Å². The van der Waals surface area contributed by atoms with E-state index in [9.17, 15) is 14.9 Å². The summed E-state index contributed by atoms with van der Waals surface area (Å²) in [6, 6.07) is 1.26. The van der Waals surface area contributed by atoms with E-state index in [0.717, 1.165) is 12.8 Å². The van der Waals surface area contributed by atoms with E-state index in [4.69, 9.17) is 5.11 Å². The van der Waals surface area contributed by atoms with Crippen LogP contribution in [0.4, 0.5) is 5.69 Å². The molecule has 1 fully saturated rings. The van der Waals surface area contributed by atoms with Crippen LogP contribution < -0.4 is 5.32 Å². The second-order valence-corrected chi connectivity index (χ2v) is 5.11. The second-order valence-electron chi connectivity index (χ2n) is 5.11. The number of nitrogens with one attached hydrogen (secondary N) is 1. The first kappa shape index (κ1) is 13.5. The summed E-state index contributed by atoms with van der Waals surface area (Å²) in [7, 11) is 1.60. The standard InChI is InChI=1S/C12H17N3O4/c1-14-7-9(15(18)19)6-10(14)11(17)13-8-12(2-3-12)4-5-16/h6-7,16H,2-5,8H2,1H3,(H,13,17). The van der Waals surface area contributed by atoms with E-state index >= 15 is 0 Å². The largest absolute Gasteiger partial charge is 0.396 e. The maximum absolute atomic E-state index is 12.0. The lowest BCUT2D eigenvalue weighted by Gasteiger charge is -2.14. The summed E-state index contributed by atoms with van der Waals surface area (Å²) in [4.78, 5) is 22.1. The average molecular weight is 267 g/mol. The molecule has 0 bridgehead atoms. The topological polar surface area (TPSA) is 97.4 Å². The Hall–Kier alpha value is -1.89. The van der Waals surface area contributed by atoms with Crippen LogP contribution in [0.2, 0.25) is 0 Å². The molecule has 1 saturated carbocycles. The van der Waals surface area contributed by atoms with Gasteiger partial charge in [0.1, 0.15) is 5.69 Å². The Morgan fingerprint density at radius 2 is 2.32 bits per heavy atom. The van der Waals surface area contributed by atoms with Crippen LogP contribution in [0.15, 0.2) is 12.3 Å². The van der Waals surface area contributed by atoms with Crippen LogP contribution in [-0.2, 0) is 7.05 Å². The molecule has 0 atom stereocenters. The van der Waals surface area contributed by atoms with Crippen molar-refractivity contribution in [2.75, 3.05) is 13.2 Å². The van der Waals surface area contributed by atoms with E-state index in [0.29, 0.717) is 13.0 Å². The monoisotopic (exact) mass is 267 g/mol. The molecule has 0 saturated heterocycles. The first-order valence-electron chi connectivity index (χ1n) is 6.17. The van der Waals surface area contributed by atoms with Gasteiger partial charge in [0.15, 0.2) is 0 Å². The third-order valence-electron chi connectivity index (χ3n) is 3.66. The maximum Gasteiger partial charge on any atom is 0.287 e. The fourth-order valence-corrected chi connectivity index (χ4v) is 2.16. The molecule has 1 aromatic heterocycles. The van der Waals surface area contributed by atoms with Gasteiger partial charge in [-0.05, 0) is 24.7 Å². The Bertz CT molecular complexity index is 505. The zero-order valence-electron chi connectivity index (χ0n) is 10.8. The number of hydrogen-bond acceptors (Lipinski definition) is 4. The summed E-state index contributed by atoms with van der Waals surface area (Å²) in [5, 5.41) is 22.4. The number of aliphatic hydroxyl groups excluding tert-OH is 1. The van der Waals surface area contributed by atoms with Gasteiger partial charge in [0.05, 0.1) is 11.1 Å². The van der Waals surface area contributed by atoms with Crippen molar-refractivity contribution >= 4 is 11.6 Å². The molecular weight excluding hydrogens is 250 g/mol. The second kappa shape index (κ2) is 5.00. The number of nitro groups is 1. The third-order valence-corrected chi connectivity index (χ3v) is 3.66. The van der Waals surface area contributed by atoms with Gasteiger partial charge in [0.2, 0.25) is 0 Å².